The standard InChI is InChI=1S/C29H34N4O4/c34-26(30-20-25-12-7-19-37-25)21-32-22-33(24-10-5-2-6-11-24)29(28(32)36)15-17-31(18-16-29)27(35)14-13-23-8-3-1-4-9-23/h1-6,8-11,13-14,25H,7,12,15-22H2,(H,30,34). The van der Waals surface area contributed by atoms with E-state index in [1.807, 2.05) is 66.7 Å². The molecule has 5 rings (SSSR count). The van der Waals surface area contributed by atoms with Gasteiger partial charge in [0.1, 0.15) is 12.1 Å². The topological polar surface area (TPSA) is 82.2 Å². The number of amides is 3. The lowest BCUT2D eigenvalue weighted by Crippen LogP contribution is -2.57. The fourth-order valence-corrected chi connectivity index (χ4v) is 5.52. The van der Waals surface area contributed by atoms with Gasteiger partial charge in [-0.1, -0.05) is 48.5 Å². The van der Waals surface area contributed by atoms with Crippen LogP contribution in [0.5, 0.6) is 0 Å². The Balaban J connectivity index is 1.26. The largest absolute Gasteiger partial charge is 0.376 e. The number of ether oxygens (including phenoxy) is 1. The third-order valence-electron chi connectivity index (χ3n) is 7.59. The lowest BCUT2D eigenvalue weighted by Gasteiger charge is -2.43. The highest BCUT2D eigenvalue weighted by molar-refractivity contribution is 5.97. The lowest BCUT2D eigenvalue weighted by molar-refractivity contribution is -0.138. The number of nitrogens with zero attached hydrogens (tertiary/aromatic N) is 3. The van der Waals surface area contributed by atoms with Gasteiger partial charge in [0.25, 0.3) is 5.91 Å². The van der Waals surface area contributed by atoms with Crippen LogP contribution in [0.3, 0.4) is 0 Å². The van der Waals surface area contributed by atoms with Crippen molar-refractivity contribution >= 4 is 29.5 Å². The minimum Gasteiger partial charge on any atom is -0.376 e. The molecule has 2 aromatic carbocycles. The third-order valence-corrected chi connectivity index (χ3v) is 7.59. The van der Waals surface area contributed by atoms with Gasteiger partial charge in [-0.05, 0) is 49.5 Å². The molecule has 3 heterocycles. The van der Waals surface area contributed by atoms with Crippen LogP contribution < -0.4 is 10.2 Å². The zero-order chi connectivity index (χ0) is 25.7. The monoisotopic (exact) mass is 502 g/mol. The van der Waals surface area contributed by atoms with Gasteiger partial charge in [-0.3, -0.25) is 14.4 Å². The van der Waals surface area contributed by atoms with Gasteiger partial charge in [0.2, 0.25) is 11.8 Å². The molecule has 194 valence electrons. The van der Waals surface area contributed by atoms with Crippen LogP contribution in [0.4, 0.5) is 5.69 Å². The van der Waals surface area contributed by atoms with E-state index < -0.39 is 5.54 Å². The smallest absolute Gasteiger partial charge is 0.250 e. The van der Waals surface area contributed by atoms with Crippen molar-refractivity contribution in [2.45, 2.75) is 37.3 Å². The van der Waals surface area contributed by atoms with Gasteiger partial charge < -0.3 is 24.8 Å². The SMILES string of the molecule is O=C(CN1CN(c2ccccc2)C2(CCN(C(=O)C=Cc3ccccc3)CC2)C1=O)NCC1CCCO1. The molecule has 8 nitrogen and oxygen atoms in total. The molecule has 1 unspecified atom stereocenters. The summed E-state index contributed by atoms with van der Waals surface area (Å²) in [5, 5.41) is 2.93. The van der Waals surface area contributed by atoms with Crippen LogP contribution in [0.1, 0.15) is 31.2 Å². The Bertz CT molecular complexity index is 1120. The molecule has 1 spiro atoms. The van der Waals surface area contributed by atoms with E-state index in [-0.39, 0.29) is 30.4 Å². The van der Waals surface area contributed by atoms with Crippen molar-refractivity contribution in [1.29, 1.82) is 0 Å². The highest BCUT2D eigenvalue weighted by Crippen LogP contribution is 2.39. The number of piperidine rings is 1. The normalized spacial score (nSPS) is 21.2. The van der Waals surface area contributed by atoms with Crippen LogP contribution in [0.25, 0.3) is 6.08 Å². The van der Waals surface area contributed by atoms with Gasteiger partial charge in [0.05, 0.1) is 12.8 Å². The molecule has 8 heteroatoms. The maximum atomic E-state index is 13.8. The minimum absolute atomic E-state index is 0.0130. The quantitative estimate of drug-likeness (QED) is 0.589. The Kier molecular flexibility index (Phi) is 7.55. The Labute approximate surface area is 217 Å². The molecule has 2 aromatic rings. The molecule has 1 N–H and O–H groups in total. The van der Waals surface area contributed by atoms with Crippen molar-refractivity contribution in [1.82, 2.24) is 15.1 Å². The van der Waals surface area contributed by atoms with Crippen LogP contribution >= 0.6 is 0 Å². The summed E-state index contributed by atoms with van der Waals surface area (Å²) in [6.07, 6.45) is 6.47. The number of hydrogen-bond donors (Lipinski definition) is 1. The van der Waals surface area contributed by atoms with Crippen molar-refractivity contribution in [3.05, 3.63) is 72.3 Å². The maximum Gasteiger partial charge on any atom is 0.250 e. The molecular weight excluding hydrogens is 468 g/mol. The van der Waals surface area contributed by atoms with E-state index >= 15 is 0 Å². The zero-order valence-electron chi connectivity index (χ0n) is 21.1. The Morgan fingerprint density at radius 3 is 2.41 bits per heavy atom. The summed E-state index contributed by atoms with van der Waals surface area (Å²) in [6, 6.07) is 19.6. The average molecular weight is 503 g/mol. The summed E-state index contributed by atoms with van der Waals surface area (Å²) >= 11 is 0. The number of carbonyl (C=O) groups is 3. The molecule has 3 amide bonds. The van der Waals surface area contributed by atoms with Crippen molar-refractivity contribution in [3.63, 3.8) is 0 Å². The second kappa shape index (κ2) is 11.2. The second-order valence-electron chi connectivity index (χ2n) is 9.95. The predicted molar refractivity (Wildman–Crippen MR) is 142 cm³/mol. The van der Waals surface area contributed by atoms with Crippen molar-refractivity contribution in [2.24, 2.45) is 0 Å². The van der Waals surface area contributed by atoms with Crippen LogP contribution in [0.2, 0.25) is 0 Å². The number of benzene rings is 2. The number of anilines is 1. The van der Waals surface area contributed by atoms with Gasteiger partial charge in [-0.25, -0.2) is 0 Å². The Hall–Kier alpha value is -3.65. The fraction of sp³-hybridized carbons (Fsp3) is 0.414. The van der Waals surface area contributed by atoms with Gasteiger partial charge in [0.15, 0.2) is 0 Å². The molecule has 0 aromatic heterocycles. The average Bonchev–Trinajstić information content (AvgIpc) is 3.55. The number of hydrogen-bond acceptors (Lipinski definition) is 5. The first-order valence-corrected chi connectivity index (χ1v) is 13.1. The first-order chi connectivity index (χ1) is 18.0. The molecule has 0 radical (unpaired) electrons. The molecule has 3 aliphatic rings. The van der Waals surface area contributed by atoms with E-state index in [1.54, 1.807) is 15.9 Å². The first kappa shape index (κ1) is 25.0. The molecular formula is C29H34N4O4. The van der Waals surface area contributed by atoms with E-state index in [9.17, 15) is 14.4 Å². The van der Waals surface area contributed by atoms with E-state index in [1.165, 1.54) is 0 Å². The number of likely N-dealkylation sites (tertiary alicyclic amines) is 1. The second-order valence-corrected chi connectivity index (χ2v) is 9.95. The first-order valence-electron chi connectivity index (χ1n) is 13.1. The number of rotatable bonds is 7. The van der Waals surface area contributed by atoms with Crippen LogP contribution in [0, 0.1) is 0 Å². The molecule has 3 fully saturated rings. The summed E-state index contributed by atoms with van der Waals surface area (Å²) < 4.78 is 5.59. The van der Waals surface area contributed by atoms with Crippen molar-refractivity contribution in [3.8, 4) is 0 Å². The molecule has 0 saturated carbocycles. The summed E-state index contributed by atoms with van der Waals surface area (Å²) in [5.41, 5.74) is 1.15. The predicted octanol–water partition coefficient (Wildman–Crippen LogP) is 2.66. The Morgan fingerprint density at radius 2 is 1.73 bits per heavy atom. The van der Waals surface area contributed by atoms with Gasteiger partial charge >= 0.3 is 0 Å². The van der Waals surface area contributed by atoms with Gasteiger partial charge in [-0.2, -0.15) is 0 Å². The summed E-state index contributed by atoms with van der Waals surface area (Å²) in [4.78, 5) is 44.9. The molecule has 0 bridgehead atoms. The van der Waals surface area contributed by atoms with Crippen molar-refractivity contribution < 1.29 is 19.1 Å². The number of nitrogens with one attached hydrogen (secondary N) is 1. The lowest BCUT2D eigenvalue weighted by atomic mass is 9.85. The van der Waals surface area contributed by atoms with E-state index in [4.69, 9.17) is 4.74 Å². The highest BCUT2D eigenvalue weighted by atomic mass is 16.5. The van der Waals surface area contributed by atoms with E-state index in [0.29, 0.717) is 39.1 Å². The van der Waals surface area contributed by atoms with Crippen LogP contribution in [0.15, 0.2) is 66.7 Å². The molecule has 0 aliphatic carbocycles. The fourth-order valence-electron chi connectivity index (χ4n) is 5.52. The van der Waals surface area contributed by atoms with E-state index in [0.717, 1.165) is 30.7 Å². The van der Waals surface area contributed by atoms with Crippen LogP contribution in [-0.4, -0.2) is 78.6 Å². The summed E-state index contributed by atoms with van der Waals surface area (Å²) in [5.74, 6) is -0.274. The van der Waals surface area contributed by atoms with Gasteiger partial charge in [0, 0.05) is 38.0 Å². The van der Waals surface area contributed by atoms with Crippen LogP contribution in [-0.2, 0) is 19.1 Å². The number of para-hydroxylation sites is 1. The highest BCUT2D eigenvalue weighted by Gasteiger charge is 2.54. The summed E-state index contributed by atoms with van der Waals surface area (Å²) in [6.45, 7) is 2.53. The number of carbonyl (C=O) groups excluding carboxylic acids is 3. The Morgan fingerprint density at radius 1 is 1.03 bits per heavy atom. The zero-order valence-corrected chi connectivity index (χ0v) is 21.1. The van der Waals surface area contributed by atoms with Gasteiger partial charge in [-0.15, -0.1) is 0 Å². The van der Waals surface area contributed by atoms with Crippen molar-refractivity contribution in [2.75, 3.05) is 44.4 Å². The molecule has 3 aliphatic heterocycles. The third kappa shape index (κ3) is 5.54. The maximum absolute atomic E-state index is 13.8. The minimum atomic E-state index is -0.768. The summed E-state index contributed by atoms with van der Waals surface area (Å²) in [7, 11) is 0. The molecule has 3 saturated heterocycles. The van der Waals surface area contributed by atoms with E-state index in [2.05, 4.69) is 10.2 Å². The molecule has 37 heavy (non-hydrogen) atoms. The molecule has 1 atom stereocenters.